The molecule has 4 heteroatoms. The summed E-state index contributed by atoms with van der Waals surface area (Å²) in [5.41, 5.74) is 0.413. The highest BCUT2D eigenvalue weighted by Gasteiger charge is 2.22. The van der Waals surface area contributed by atoms with Crippen molar-refractivity contribution in [3.8, 4) is 11.5 Å². The fourth-order valence-corrected chi connectivity index (χ4v) is 1.96. The molecular formula is C14H18O4. The summed E-state index contributed by atoms with van der Waals surface area (Å²) in [4.78, 5) is 11.7. The van der Waals surface area contributed by atoms with E-state index in [0.29, 0.717) is 29.6 Å². The Hall–Kier alpha value is -1.71. The zero-order valence-electron chi connectivity index (χ0n) is 10.8. The minimum atomic E-state index is -0.405. The van der Waals surface area contributed by atoms with Crippen molar-refractivity contribution in [1.29, 1.82) is 0 Å². The first-order valence-electron chi connectivity index (χ1n) is 6.14. The van der Waals surface area contributed by atoms with Gasteiger partial charge < -0.3 is 14.2 Å². The highest BCUT2D eigenvalue weighted by atomic mass is 16.5. The first-order chi connectivity index (χ1) is 8.76. The van der Waals surface area contributed by atoms with Crippen LogP contribution in [0, 0.1) is 5.92 Å². The van der Waals surface area contributed by atoms with Gasteiger partial charge in [-0.3, -0.25) is 0 Å². The number of carbonyl (C=O) groups excluding carboxylic acids is 1. The largest absolute Gasteiger partial charge is 0.493 e. The Morgan fingerprint density at radius 1 is 1.33 bits per heavy atom. The molecule has 0 bridgehead atoms. The molecule has 98 valence electrons. The Balaban J connectivity index is 2.19. The Morgan fingerprint density at radius 3 is 2.67 bits per heavy atom. The lowest BCUT2D eigenvalue weighted by atomic mass is 9.86. The van der Waals surface area contributed by atoms with Crippen molar-refractivity contribution in [3.05, 3.63) is 23.8 Å². The van der Waals surface area contributed by atoms with E-state index in [1.165, 1.54) is 26.4 Å². The third-order valence-corrected chi connectivity index (χ3v) is 3.29. The molecule has 1 aromatic rings. The molecule has 1 fully saturated rings. The molecule has 0 atom stereocenters. The SMILES string of the molecule is COC(=O)c1cccc(OC)c1OCC1CCC1. The van der Waals surface area contributed by atoms with E-state index in [1.807, 2.05) is 0 Å². The summed E-state index contributed by atoms with van der Waals surface area (Å²) in [6.45, 7) is 0.629. The van der Waals surface area contributed by atoms with Crippen molar-refractivity contribution in [2.24, 2.45) is 5.92 Å². The molecule has 0 aliphatic heterocycles. The number of hydrogen-bond acceptors (Lipinski definition) is 4. The molecule has 0 aromatic heterocycles. The van der Waals surface area contributed by atoms with Crippen LogP contribution in [0.15, 0.2) is 18.2 Å². The Bertz CT molecular complexity index is 424. The number of carbonyl (C=O) groups is 1. The molecular weight excluding hydrogens is 232 g/mol. The number of para-hydroxylation sites is 1. The fourth-order valence-electron chi connectivity index (χ4n) is 1.96. The maximum atomic E-state index is 11.7. The molecule has 1 saturated carbocycles. The molecule has 0 saturated heterocycles. The van der Waals surface area contributed by atoms with E-state index in [4.69, 9.17) is 14.2 Å². The number of hydrogen-bond donors (Lipinski definition) is 0. The summed E-state index contributed by atoms with van der Waals surface area (Å²) in [6.07, 6.45) is 3.66. The van der Waals surface area contributed by atoms with Gasteiger partial charge in [0.25, 0.3) is 0 Å². The fraction of sp³-hybridized carbons (Fsp3) is 0.500. The van der Waals surface area contributed by atoms with E-state index in [0.717, 1.165) is 0 Å². The molecule has 0 spiro atoms. The maximum Gasteiger partial charge on any atom is 0.341 e. The van der Waals surface area contributed by atoms with Crippen LogP contribution >= 0.6 is 0 Å². The molecule has 0 heterocycles. The second kappa shape index (κ2) is 5.76. The topological polar surface area (TPSA) is 44.8 Å². The highest BCUT2D eigenvalue weighted by molar-refractivity contribution is 5.93. The van der Waals surface area contributed by atoms with E-state index in [1.54, 1.807) is 25.3 Å². The molecule has 4 nitrogen and oxygen atoms in total. The summed E-state index contributed by atoms with van der Waals surface area (Å²) in [6, 6.07) is 5.22. The van der Waals surface area contributed by atoms with Gasteiger partial charge in [-0.2, -0.15) is 0 Å². The second-order valence-corrected chi connectivity index (χ2v) is 4.44. The summed E-state index contributed by atoms with van der Waals surface area (Å²) < 4.78 is 15.7. The first kappa shape index (κ1) is 12.7. The zero-order chi connectivity index (χ0) is 13.0. The van der Waals surface area contributed by atoms with Crippen LogP contribution in [0.25, 0.3) is 0 Å². The Labute approximate surface area is 107 Å². The highest BCUT2D eigenvalue weighted by Crippen LogP contribution is 2.34. The van der Waals surface area contributed by atoms with Gasteiger partial charge in [0.2, 0.25) is 0 Å². The summed E-state index contributed by atoms with van der Waals surface area (Å²) in [5.74, 6) is 1.24. The van der Waals surface area contributed by atoms with E-state index < -0.39 is 5.97 Å². The summed E-state index contributed by atoms with van der Waals surface area (Å²) in [5, 5.41) is 0. The molecule has 0 unspecified atom stereocenters. The van der Waals surface area contributed by atoms with Crippen LogP contribution in [0.5, 0.6) is 11.5 Å². The van der Waals surface area contributed by atoms with Gasteiger partial charge in [-0.25, -0.2) is 4.79 Å². The van der Waals surface area contributed by atoms with E-state index >= 15 is 0 Å². The number of rotatable bonds is 5. The normalized spacial score (nSPS) is 14.8. The van der Waals surface area contributed by atoms with Crippen LogP contribution < -0.4 is 9.47 Å². The van der Waals surface area contributed by atoms with Crippen LogP contribution in [0.2, 0.25) is 0 Å². The van der Waals surface area contributed by atoms with Crippen molar-refractivity contribution in [2.45, 2.75) is 19.3 Å². The van der Waals surface area contributed by atoms with Gasteiger partial charge in [0.1, 0.15) is 5.56 Å². The molecule has 1 aliphatic carbocycles. The average molecular weight is 250 g/mol. The number of benzene rings is 1. The van der Waals surface area contributed by atoms with E-state index in [-0.39, 0.29) is 0 Å². The van der Waals surface area contributed by atoms with Crippen molar-refractivity contribution < 1.29 is 19.0 Å². The van der Waals surface area contributed by atoms with Crippen LogP contribution in [0.3, 0.4) is 0 Å². The summed E-state index contributed by atoms with van der Waals surface area (Å²) >= 11 is 0. The van der Waals surface area contributed by atoms with Crippen molar-refractivity contribution in [2.75, 3.05) is 20.8 Å². The summed E-state index contributed by atoms with van der Waals surface area (Å²) in [7, 11) is 2.92. The molecule has 1 aromatic carbocycles. The zero-order valence-corrected chi connectivity index (χ0v) is 10.8. The van der Waals surface area contributed by atoms with Crippen LogP contribution in [-0.4, -0.2) is 26.8 Å². The number of esters is 1. The van der Waals surface area contributed by atoms with Crippen LogP contribution in [-0.2, 0) is 4.74 Å². The minimum Gasteiger partial charge on any atom is -0.493 e. The van der Waals surface area contributed by atoms with Crippen LogP contribution in [0.1, 0.15) is 29.6 Å². The maximum absolute atomic E-state index is 11.7. The van der Waals surface area contributed by atoms with Gasteiger partial charge in [0.05, 0.1) is 20.8 Å². The molecule has 0 amide bonds. The van der Waals surface area contributed by atoms with Gasteiger partial charge in [-0.15, -0.1) is 0 Å². The lowest BCUT2D eigenvalue weighted by Gasteiger charge is -2.26. The standard InChI is InChI=1S/C14H18O4/c1-16-12-8-4-7-11(14(15)17-2)13(12)18-9-10-5-3-6-10/h4,7-8,10H,3,5-6,9H2,1-2H3. The smallest absolute Gasteiger partial charge is 0.341 e. The van der Waals surface area contributed by atoms with E-state index in [9.17, 15) is 4.79 Å². The quantitative estimate of drug-likeness (QED) is 0.754. The van der Waals surface area contributed by atoms with Crippen molar-refractivity contribution in [1.82, 2.24) is 0 Å². The number of ether oxygens (including phenoxy) is 3. The molecule has 0 radical (unpaired) electrons. The van der Waals surface area contributed by atoms with Gasteiger partial charge in [0.15, 0.2) is 11.5 Å². The van der Waals surface area contributed by atoms with Crippen molar-refractivity contribution >= 4 is 5.97 Å². The minimum absolute atomic E-state index is 0.405. The van der Waals surface area contributed by atoms with Crippen LogP contribution in [0.4, 0.5) is 0 Å². The molecule has 1 aliphatic rings. The Morgan fingerprint density at radius 2 is 2.11 bits per heavy atom. The third-order valence-electron chi connectivity index (χ3n) is 3.29. The van der Waals surface area contributed by atoms with Gasteiger partial charge in [-0.05, 0) is 30.9 Å². The van der Waals surface area contributed by atoms with E-state index in [2.05, 4.69) is 0 Å². The second-order valence-electron chi connectivity index (χ2n) is 4.44. The van der Waals surface area contributed by atoms with Gasteiger partial charge in [0, 0.05) is 0 Å². The predicted octanol–water partition coefficient (Wildman–Crippen LogP) is 2.66. The lowest BCUT2D eigenvalue weighted by molar-refractivity contribution is 0.0592. The first-order valence-corrected chi connectivity index (χ1v) is 6.14. The van der Waals surface area contributed by atoms with Gasteiger partial charge >= 0.3 is 5.97 Å². The third kappa shape index (κ3) is 2.58. The Kier molecular flexibility index (Phi) is 4.07. The number of methoxy groups -OCH3 is 2. The monoisotopic (exact) mass is 250 g/mol. The molecule has 0 N–H and O–H groups in total. The van der Waals surface area contributed by atoms with Gasteiger partial charge in [-0.1, -0.05) is 12.5 Å². The average Bonchev–Trinajstić information content (AvgIpc) is 2.36. The van der Waals surface area contributed by atoms with Crippen molar-refractivity contribution in [3.63, 3.8) is 0 Å². The predicted molar refractivity (Wildman–Crippen MR) is 67.2 cm³/mol. The molecule has 18 heavy (non-hydrogen) atoms. The lowest BCUT2D eigenvalue weighted by Crippen LogP contribution is -2.20. The molecule has 2 rings (SSSR count).